The summed E-state index contributed by atoms with van der Waals surface area (Å²) < 4.78 is 5.31. The van der Waals surface area contributed by atoms with E-state index in [1.54, 1.807) is 31.6 Å². The van der Waals surface area contributed by atoms with Crippen LogP contribution in [0.5, 0.6) is 0 Å². The van der Waals surface area contributed by atoms with Crippen molar-refractivity contribution in [3.63, 3.8) is 0 Å². The van der Waals surface area contributed by atoms with Crippen molar-refractivity contribution in [2.75, 3.05) is 18.5 Å². The zero-order chi connectivity index (χ0) is 14.5. The average Bonchev–Trinajstić information content (AvgIpc) is 2.94. The number of hydrogen-bond donors (Lipinski definition) is 2. The van der Waals surface area contributed by atoms with Crippen molar-refractivity contribution >= 4 is 17.7 Å². The molecule has 0 bridgehead atoms. The molecule has 2 unspecified atom stereocenters. The molecule has 0 aliphatic carbocycles. The van der Waals surface area contributed by atoms with Crippen LogP contribution in [0, 0.1) is 0 Å². The molecule has 7 heteroatoms. The number of pyridine rings is 1. The molecule has 0 radical (unpaired) electrons. The Bertz CT molecular complexity index is 480. The number of hydrogen-bond acceptors (Lipinski definition) is 4. The van der Waals surface area contributed by atoms with Crippen molar-refractivity contribution in [3.8, 4) is 0 Å². The summed E-state index contributed by atoms with van der Waals surface area (Å²) in [5.41, 5.74) is 0.681. The van der Waals surface area contributed by atoms with Crippen LogP contribution in [-0.2, 0) is 9.53 Å². The fraction of sp³-hybridized carbons (Fsp3) is 0.462. The first-order valence-corrected chi connectivity index (χ1v) is 6.38. The SMILES string of the molecule is CN(C(=O)NCC1CCC(C(=O)O)O1)c1cccnc1. The average molecular weight is 279 g/mol. The molecule has 1 aromatic heterocycles. The van der Waals surface area contributed by atoms with Crippen molar-refractivity contribution in [1.29, 1.82) is 0 Å². The van der Waals surface area contributed by atoms with Crippen LogP contribution in [0.4, 0.5) is 10.5 Å². The van der Waals surface area contributed by atoms with Crippen molar-refractivity contribution in [2.45, 2.75) is 25.0 Å². The van der Waals surface area contributed by atoms with Crippen LogP contribution in [0.3, 0.4) is 0 Å². The Balaban J connectivity index is 1.80. The number of aromatic nitrogens is 1. The minimum absolute atomic E-state index is 0.248. The van der Waals surface area contributed by atoms with Crippen molar-refractivity contribution in [3.05, 3.63) is 24.5 Å². The molecule has 1 fully saturated rings. The number of nitrogens with zero attached hydrogens (tertiary/aromatic N) is 2. The zero-order valence-corrected chi connectivity index (χ0v) is 11.2. The predicted octanol–water partition coefficient (Wildman–Crippen LogP) is 0.860. The van der Waals surface area contributed by atoms with E-state index in [1.165, 1.54) is 4.90 Å². The first-order valence-electron chi connectivity index (χ1n) is 6.38. The molecule has 20 heavy (non-hydrogen) atoms. The topological polar surface area (TPSA) is 91.8 Å². The van der Waals surface area contributed by atoms with Crippen LogP contribution < -0.4 is 10.2 Å². The van der Waals surface area contributed by atoms with Gasteiger partial charge in [0, 0.05) is 19.8 Å². The molecule has 0 spiro atoms. The van der Waals surface area contributed by atoms with Gasteiger partial charge in [-0.25, -0.2) is 9.59 Å². The van der Waals surface area contributed by atoms with E-state index in [4.69, 9.17) is 9.84 Å². The molecule has 2 rings (SSSR count). The van der Waals surface area contributed by atoms with Gasteiger partial charge in [-0.1, -0.05) is 0 Å². The number of nitrogens with one attached hydrogen (secondary N) is 1. The minimum Gasteiger partial charge on any atom is -0.479 e. The molecule has 1 aliphatic heterocycles. The van der Waals surface area contributed by atoms with Crippen LogP contribution in [0.15, 0.2) is 24.5 Å². The van der Waals surface area contributed by atoms with Gasteiger partial charge in [0.15, 0.2) is 6.10 Å². The molecule has 2 heterocycles. The van der Waals surface area contributed by atoms with E-state index in [9.17, 15) is 9.59 Å². The molecule has 1 saturated heterocycles. The first-order chi connectivity index (χ1) is 9.58. The van der Waals surface area contributed by atoms with Gasteiger partial charge in [0.05, 0.1) is 18.0 Å². The third-order valence-electron chi connectivity index (χ3n) is 3.20. The maximum atomic E-state index is 11.9. The molecule has 108 valence electrons. The Morgan fingerprint density at radius 3 is 2.95 bits per heavy atom. The minimum atomic E-state index is -0.952. The van der Waals surface area contributed by atoms with E-state index in [2.05, 4.69) is 10.3 Å². The fourth-order valence-corrected chi connectivity index (χ4v) is 2.03. The van der Waals surface area contributed by atoms with Gasteiger partial charge < -0.3 is 15.2 Å². The molecule has 7 nitrogen and oxygen atoms in total. The fourth-order valence-electron chi connectivity index (χ4n) is 2.03. The maximum Gasteiger partial charge on any atom is 0.332 e. The number of urea groups is 1. The van der Waals surface area contributed by atoms with Gasteiger partial charge in [0.2, 0.25) is 0 Å². The number of carbonyl (C=O) groups excluding carboxylic acids is 1. The lowest BCUT2D eigenvalue weighted by Crippen LogP contribution is -2.41. The Kier molecular flexibility index (Phi) is 4.52. The summed E-state index contributed by atoms with van der Waals surface area (Å²) >= 11 is 0. The summed E-state index contributed by atoms with van der Waals surface area (Å²) in [6.45, 7) is 0.299. The molecule has 2 amide bonds. The Labute approximate surface area is 116 Å². The summed E-state index contributed by atoms with van der Waals surface area (Å²) in [6, 6.07) is 3.25. The van der Waals surface area contributed by atoms with Crippen molar-refractivity contribution in [2.24, 2.45) is 0 Å². The molecule has 0 aromatic carbocycles. The highest BCUT2D eigenvalue weighted by molar-refractivity contribution is 5.91. The van der Waals surface area contributed by atoms with Gasteiger partial charge in [0.25, 0.3) is 0 Å². The smallest absolute Gasteiger partial charge is 0.332 e. The van der Waals surface area contributed by atoms with Gasteiger partial charge in [0.1, 0.15) is 0 Å². The summed E-state index contributed by atoms with van der Waals surface area (Å²) in [6.07, 6.45) is 3.33. The molecule has 1 aliphatic rings. The number of aliphatic carboxylic acids is 1. The number of carbonyl (C=O) groups is 2. The maximum absolute atomic E-state index is 11.9. The quantitative estimate of drug-likeness (QED) is 0.853. The van der Waals surface area contributed by atoms with Gasteiger partial charge in [-0.2, -0.15) is 0 Å². The van der Waals surface area contributed by atoms with Crippen molar-refractivity contribution in [1.82, 2.24) is 10.3 Å². The van der Waals surface area contributed by atoms with Crippen LogP contribution in [-0.4, -0.2) is 47.9 Å². The third-order valence-corrected chi connectivity index (χ3v) is 3.20. The van der Waals surface area contributed by atoms with Gasteiger partial charge in [-0.15, -0.1) is 0 Å². The van der Waals surface area contributed by atoms with Gasteiger partial charge in [-0.3, -0.25) is 9.88 Å². The number of amides is 2. The summed E-state index contributed by atoms with van der Waals surface area (Å²) in [5.74, 6) is -0.952. The molecule has 1 aromatic rings. The van der Waals surface area contributed by atoms with E-state index in [-0.39, 0.29) is 12.1 Å². The third kappa shape index (κ3) is 3.45. The number of carboxylic acids is 1. The summed E-state index contributed by atoms with van der Waals surface area (Å²) in [4.78, 5) is 28.1. The van der Waals surface area contributed by atoms with E-state index in [0.29, 0.717) is 25.1 Å². The summed E-state index contributed by atoms with van der Waals surface area (Å²) in [7, 11) is 1.64. The lowest BCUT2D eigenvalue weighted by molar-refractivity contribution is -0.149. The van der Waals surface area contributed by atoms with Crippen molar-refractivity contribution < 1.29 is 19.4 Å². The van der Waals surface area contributed by atoms with Crippen LogP contribution in [0.2, 0.25) is 0 Å². The number of anilines is 1. The molecule has 0 saturated carbocycles. The number of ether oxygens (including phenoxy) is 1. The number of carboxylic acid groups (broad SMARTS) is 1. The molecular formula is C13H17N3O4. The van der Waals surface area contributed by atoms with E-state index in [1.807, 2.05) is 0 Å². The molecule has 2 atom stereocenters. The van der Waals surface area contributed by atoms with E-state index < -0.39 is 12.1 Å². The lowest BCUT2D eigenvalue weighted by atomic mass is 10.2. The number of rotatable bonds is 4. The second-order valence-electron chi connectivity index (χ2n) is 4.62. The monoisotopic (exact) mass is 279 g/mol. The normalized spacial score (nSPS) is 21.4. The highest BCUT2D eigenvalue weighted by atomic mass is 16.5. The Morgan fingerprint density at radius 2 is 2.35 bits per heavy atom. The van der Waals surface area contributed by atoms with Crippen LogP contribution in [0.1, 0.15) is 12.8 Å². The highest BCUT2D eigenvalue weighted by Gasteiger charge is 2.30. The first kappa shape index (κ1) is 14.3. The summed E-state index contributed by atoms with van der Waals surface area (Å²) in [5, 5.41) is 11.5. The van der Waals surface area contributed by atoms with Crippen LogP contribution in [0.25, 0.3) is 0 Å². The van der Waals surface area contributed by atoms with E-state index in [0.717, 1.165) is 0 Å². The second-order valence-corrected chi connectivity index (χ2v) is 4.62. The van der Waals surface area contributed by atoms with Crippen LogP contribution >= 0.6 is 0 Å². The second kappa shape index (κ2) is 6.33. The van der Waals surface area contributed by atoms with Gasteiger partial charge in [-0.05, 0) is 25.0 Å². The molecular weight excluding hydrogens is 262 g/mol. The standard InChI is InChI=1S/C13H17N3O4/c1-16(9-3-2-6-14-7-9)13(19)15-8-10-4-5-11(20-10)12(17)18/h2-3,6-7,10-11H,4-5,8H2,1H3,(H,15,19)(H,17,18). The largest absolute Gasteiger partial charge is 0.479 e. The zero-order valence-electron chi connectivity index (χ0n) is 11.2. The Hall–Kier alpha value is -2.15. The van der Waals surface area contributed by atoms with Gasteiger partial charge >= 0.3 is 12.0 Å². The van der Waals surface area contributed by atoms with E-state index >= 15 is 0 Å². The molecule has 2 N–H and O–H groups in total. The highest BCUT2D eigenvalue weighted by Crippen LogP contribution is 2.19. The Morgan fingerprint density at radius 1 is 1.55 bits per heavy atom. The lowest BCUT2D eigenvalue weighted by Gasteiger charge is -2.19. The predicted molar refractivity (Wildman–Crippen MR) is 71.6 cm³/mol.